The van der Waals surface area contributed by atoms with Gasteiger partial charge >= 0.3 is 0 Å². The molecule has 6 heteroatoms. The minimum absolute atomic E-state index is 0.146. The molecule has 2 aliphatic heterocycles. The molecule has 4 rings (SSSR count). The number of fused-ring (bicyclic) bond motifs is 1. The molecule has 1 fully saturated rings. The van der Waals surface area contributed by atoms with Crippen molar-refractivity contribution in [2.75, 3.05) is 39.4 Å². The maximum absolute atomic E-state index is 13.8. The maximum Gasteiger partial charge on any atom is 0.256 e. The average molecular weight is 356 g/mol. The number of ether oxygens (including phenoxy) is 2. The molecule has 0 radical (unpaired) electrons. The van der Waals surface area contributed by atoms with Gasteiger partial charge in [-0.2, -0.15) is 0 Å². The highest BCUT2D eigenvalue weighted by Gasteiger charge is 2.24. The maximum atomic E-state index is 13.8. The largest absolute Gasteiger partial charge is 0.486 e. The van der Waals surface area contributed by atoms with Crippen molar-refractivity contribution in [2.24, 2.45) is 0 Å². The Hall–Kier alpha value is -2.60. The zero-order valence-corrected chi connectivity index (χ0v) is 14.5. The fourth-order valence-corrected chi connectivity index (χ4v) is 3.36. The number of nitrogens with zero attached hydrogens (tertiary/aromatic N) is 2. The van der Waals surface area contributed by atoms with E-state index in [1.54, 1.807) is 23.1 Å². The molecule has 0 bridgehead atoms. The SMILES string of the molecule is O=C(c1ccccc1F)N1CCN(Cc2ccc3c(c2)OCCO3)CC1. The minimum atomic E-state index is -0.462. The van der Waals surface area contributed by atoms with Crippen molar-refractivity contribution in [3.8, 4) is 11.5 Å². The minimum Gasteiger partial charge on any atom is -0.486 e. The predicted octanol–water partition coefficient (Wildman–Crippen LogP) is 2.55. The van der Waals surface area contributed by atoms with Crippen molar-refractivity contribution in [1.29, 1.82) is 0 Å². The summed E-state index contributed by atoms with van der Waals surface area (Å²) in [6, 6.07) is 12.2. The fraction of sp³-hybridized carbons (Fsp3) is 0.350. The lowest BCUT2D eigenvalue weighted by atomic mass is 10.1. The second kappa shape index (κ2) is 7.33. The summed E-state index contributed by atoms with van der Waals surface area (Å²) in [5.74, 6) is 0.890. The molecule has 2 aromatic rings. The fourth-order valence-electron chi connectivity index (χ4n) is 3.36. The van der Waals surface area contributed by atoms with Gasteiger partial charge in [0.1, 0.15) is 19.0 Å². The lowest BCUT2D eigenvalue weighted by Crippen LogP contribution is -2.48. The third-order valence-corrected chi connectivity index (χ3v) is 4.78. The van der Waals surface area contributed by atoms with Gasteiger partial charge in [-0.3, -0.25) is 9.69 Å². The van der Waals surface area contributed by atoms with Crippen LogP contribution in [0.15, 0.2) is 42.5 Å². The van der Waals surface area contributed by atoms with Crippen LogP contribution in [0.2, 0.25) is 0 Å². The van der Waals surface area contributed by atoms with E-state index in [-0.39, 0.29) is 11.5 Å². The molecule has 2 heterocycles. The van der Waals surface area contributed by atoms with Gasteiger partial charge in [0, 0.05) is 32.7 Å². The van der Waals surface area contributed by atoms with E-state index in [1.165, 1.54) is 6.07 Å². The Balaban J connectivity index is 1.35. The van der Waals surface area contributed by atoms with Gasteiger partial charge in [0.15, 0.2) is 11.5 Å². The summed E-state index contributed by atoms with van der Waals surface area (Å²) in [5, 5.41) is 0. The molecular formula is C20H21FN2O3. The third kappa shape index (κ3) is 3.51. The van der Waals surface area contributed by atoms with E-state index in [0.717, 1.165) is 36.7 Å². The van der Waals surface area contributed by atoms with Gasteiger partial charge in [0.2, 0.25) is 0 Å². The van der Waals surface area contributed by atoms with E-state index in [2.05, 4.69) is 4.90 Å². The van der Waals surface area contributed by atoms with Crippen LogP contribution in [-0.4, -0.2) is 55.1 Å². The topological polar surface area (TPSA) is 42.0 Å². The summed E-state index contributed by atoms with van der Waals surface area (Å²) in [5.41, 5.74) is 1.30. The number of rotatable bonds is 3. The molecule has 0 unspecified atom stereocenters. The van der Waals surface area contributed by atoms with Crippen molar-refractivity contribution < 1.29 is 18.7 Å². The van der Waals surface area contributed by atoms with Gasteiger partial charge in [-0.25, -0.2) is 4.39 Å². The normalized spacial score (nSPS) is 17.2. The summed E-state index contributed by atoms with van der Waals surface area (Å²) in [6.07, 6.45) is 0. The number of hydrogen-bond acceptors (Lipinski definition) is 4. The zero-order chi connectivity index (χ0) is 17.9. The molecule has 5 nitrogen and oxygen atoms in total. The number of piperazine rings is 1. The number of carbonyl (C=O) groups is 1. The molecule has 0 aliphatic carbocycles. The van der Waals surface area contributed by atoms with Crippen LogP contribution >= 0.6 is 0 Å². The second-order valence-electron chi connectivity index (χ2n) is 6.53. The Morgan fingerprint density at radius 3 is 2.46 bits per heavy atom. The van der Waals surface area contributed by atoms with Gasteiger partial charge < -0.3 is 14.4 Å². The van der Waals surface area contributed by atoms with E-state index in [0.29, 0.717) is 26.3 Å². The van der Waals surface area contributed by atoms with E-state index < -0.39 is 5.82 Å². The highest BCUT2D eigenvalue weighted by molar-refractivity contribution is 5.94. The highest BCUT2D eigenvalue weighted by atomic mass is 19.1. The lowest BCUT2D eigenvalue weighted by Gasteiger charge is -2.35. The smallest absolute Gasteiger partial charge is 0.256 e. The van der Waals surface area contributed by atoms with E-state index in [9.17, 15) is 9.18 Å². The van der Waals surface area contributed by atoms with Crippen LogP contribution in [0.5, 0.6) is 11.5 Å². The molecule has 0 saturated carbocycles. The summed E-state index contributed by atoms with van der Waals surface area (Å²) in [4.78, 5) is 16.5. The van der Waals surface area contributed by atoms with E-state index in [4.69, 9.17) is 9.47 Å². The Bertz CT molecular complexity index is 803. The quantitative estimate of drug-likeness (QED) is 0.848. The third-order valence-electron chi connectivity index (χ3n) is 4.78. The molecule has 0 N–H and O–H groups in total. The van der Waals surface area contributed by atoms with Crippen molar-refractivity contribution >= 4 is 5.91 Å². The number of amides is 1. The first kappa shape index (κ1) is 16.8. The lowest BCUT2D eigenvalue weighted by molar-refractivity contribution is 0.0623. The monoisotopic (exact) mass is 356 g/mol. The Labute approximate surface area is 151 Å². The first-order chi connectivity index (χ1) is 12.7. The van der Waals surface area contributed by atoms with Crippen LogP contribution in [0.3, 0.4) is 0 Å². The first-order valence-corrected chi connectivity index (χ1v) is 8.85. The number of halogens is 1. The highest BCUT2D eigenvalue weighted by Crippen LogP contribution is 2.31. The molecule has 1 amide bonds. The molecule has 0 atom stereocenters. The zero-order valence-electron chi connectivity index (χ0n) is 14.5. The van der Waals surface area contributed by atoms with Crippen LogP contribution in [0.25, 0.3) is 0 Å². The van der Waals surface area contributed by atoms with E-state index in [1.807, 2.05) is 18.2 Å². The predicted molar refractivity (Wildman–Crippen MR) is 95.0 cm³/mol. The number of benzene rings is 2. The molecule has 1 saturated heterocycles. The summed E-state index contributed by atoms with van der Waals surface area (Å²) >= 11 is 0. The molecule has 0 spiro atoms. The van der Waals surface area contributed by atoms with Gasteiger partial charge in [-0.05, 0) is 29.8 Å². The molecule has 26 heavy (non-hydrogen) atoms. The number of hydrogen-bond donors (Lipinski definition) is 0. The van der Waals surface area contributed by atoms with Crippen LogP contribution < -0.4 is 9.47 Å². The van der Waals surface area contributed by atoms with Gasteiger partial charge in [0.25, 0.3) is 5.91 Å². The van der Waals surface area contributed by atoms with Gasteiger partial charge in [0.05, 0.1) is 5.56 Å². The summed E-state index contributed by atoms with van der Waals surface area (Å²) in [7, 11) is 0. The molecular weight excluding hydrogens is 335 g/mol. The van der Waals surface area contributed by atoms with Gasteiger partial charge in [-0.1, -0.05) is 18.2 Å². The number of carbonyl (C=O) groups excluding carboxylic acids is 1. The van der Waals surface area contributed by atoms with Crippen LogP contribution in [0.4, 0.5) is 4.39 Å². The Morgan fingerprint density at radius 1 is 0.962 bits per heavy atom. The van der Waals surface area contributed by atoms with Crippen molar-refractivity contribution in [1.82, 2.24) is 9.80 Å². The Kier molecular flexibility index (Phi) is 4.75. The summed E-state index contributed by atoms with van der Waals surface area (Å²) in [6.45, 7) is 4.66. The van der Waals surface area contributed by atoms with Crippen LogP contribution in [-0.2, 0) is 6.54 Å². The van der Waals surface area contributed by atoms with Gasteiger partial charge in [-0.15, -0.1) is 0 Å². The Morgan fingerprint density at radius 2 is 1.69 bits per heavy atom. The molecule has 2 aliphatic rings. The van der Waals surface area contributed by atoms with Crippen LogP contribution in [0.1, 0.15) is 15.9 Å². The summed E-state index contributed by atoms with van der Waals surface area (Å²) < 4.78 is 25.0. The first-order valence-electron chi connectivity index (χ1n) is 8.85. The van der Waals surface area contributed by atoms with Crippen molar-refractivity contribution in [3.63, 3.8) is 0 Å². The molecule has 2 aromatic carbocycles. The van der Waals surface area contributed by atoms with E-state index >= 15 is 0 Å². The molecule has 136 valence electrons. The second-order valence-corrected chi connectivity index (χ2v) is 6.53. The van der Waals surface area contributed by atoms with Crippen LogP contribution in [0, 0.1) is 5.82 Å². The average Bonchev–Trinajstić information content (AvgIpc) is 2.68. The van der Waals surface area contributed by atoms with Crippen molar-refractivity contribution in [3.05, 3.63) is 59.4 Å². The molecule has 0 aromatic heterocycles. The standard InChI is InChI=1S/C20H21FN2O3/c21-17-4-2-1-3-16(17)20(24)23-9-7-22(8-10-23)14-15-5-6-18-19(13-15)26-12-11-25-18/h1-6,13H,7-12,14H2. The van der Waals surface area contributed by atoms with Crippen molar-refractivity contribution in [2.45, 2.75) is 6.54 Å².